The molecule has 100 valence electrons. The molecule has 1 saturated heterocycles. The Morgan fingerprint density at radius 2 is 2.33 bits per heavy atom. The predicted molar refractivity (Wildman–Crippen MR) is 84.1 cm³/mol. The van der Waals surface area contributed by atoms with Gasteiger partial charge in [-0.2, -0.15) is 11.8 Å². The number of rotatable bonds is 4. The molecule has 0 aromatic heterocycles. The number of benzene rings is 1. The van der Waals surface area contributed by atoms with Crippen molar-refractivity contribution in [3.63, 3.8) is 0 Å². The fourth-order valence-electron chi connectivity index (χ4n) is 2.30. The Morgan fingerprint density at radius 3 is 2.94 bits per heavy atom. The number of hydrogen-bond donors (Lipinski definition) is 2. The van der Waals surface area contributed by atoms with Crippen molar-refractivity contribution in [1.82, 2.24) is 5.43 Å². The fourth-order valence-corrected chi connectivity index (χ4v) is 4.47. The molecule has 18 heavy (non-hydrogen) atoms. The molecule has 1 aromatic carbocycles. The maximum atomic E-state index is 6.26. The van der Waals surface area contributed by atoms with E-state index in [1.165, 1.54) is 25.0 Å². The van der Waals surface area contributed by atoms with Gasteiger partial charge in [0, 0.05) is 20.8 Å². The molecule has 0 bridgehead atoms. The molecule has 1 aliphatic heterocycles. The van der Waals surface area contributed by atoms with Crippen LogP contribution in [-0.4, -0.2) is 17.0 Å². The summed E-state index contributed by atoms with van der Waals surface area (Å²) in [5.41, 5.74) is 4.13. The van der Waals surface area contributed by atoms with Crippen LogP contribution in [0.5, 0.6) is 0 Å². The highest BCUT2D eigenvalue weighted by Gasteiger charge is 2.24. The molecule has 0 spiro atoms. The van der Waals surface area contributed by atoms with Gasteiger partial charge in [-0.05, 0) is 42.7 Å². The van der Waals surface area contributed by atoms with E-state index in [4.69, 9.17) is 17.4 Å². The SMILES string of the molecule is NNC(Cc1ccc(Br)cc1Cl)C1CCCCS1. The molecule has 1 fully saturated rings. The van der Waals surface area contributed by atoms with Crippen LogP contribution in [0, 0.1) is 0 Å². The van der Waals surface area contributed by atoms with Crippen molar-refractivity contribution in [2.75, 3.05) is 5.75 Å². The summed E-state index contributed by atoms with van der Waals surface area (Å²) in [5.74, 6) is 6.96. The number of nitrogens with one attached hydrogen (secondary N) is 1. The fraction of sp³-hybridized carbons (Fsp3) is 0.538. The Bertz CT molecular complexity index is 397. The Hall–Kier alpha value is 0.260. The zero-order valence-corrected chi connectivity index (χ0v) is 13.3. The first-order valence-corrected chi connectivity index (χ1v) is 8.44. The van der Waals surface area contributed by atoms with Gasteiger partial charge in [-0.3, -0.25) is 11.3 Å². The highest BCUT2D eigenvalue weighted by atomic mass is 79.9. The van der Waals surface area contributed by atoms with Gasteiger partial charge in [0.1, 0.15) is 0 Å². The van der Waals surface area contributed by atoms with E-state index in [0.29, 0.717) is 11.3 Å². The Labute approximate surface area is 126 Å². The van der Waals surface area contributed by atoms with Gasteiger partial charge in [0.05, 0.1) is 0 Å². The minimum atomic E-state index is 0.300. The van der Waals surface area contributed by atoms with Crippen molar-refractivity contribution < 1.29 is 0 Å². The molecule has 5 heteroatoms. The molecule has 2 nitrogen and oxygen atoms in total. The normalized spacial score (nSPS) is 21.8. The molecular formula is C13H18BrClN2S. The van der Waals surface area contributed by atoms with Crippen LogP contribution in [0.2, 0.25) is 5.02 Å². The van der Waals surface area contributed by atoms with E-state index >= 15 is 0 Å². The molecule has 0 saturated carbocycles. The van der Waals surface area contributed by atoms with Gasteiger partial charge >= 0.3 is 0 Å². The van der Waals surface area contributed by atoms with E-state index in [0.717, 1.165) is 21.5 Å². The smallest absolute Gasteiger partial charge is 0.0449 e. The second-order valence-corrected chi connectivity index (χ2v) is 7.29. The number of halogens is 2. The molecule has 1 aliphatic rings. The molecular weight excluding hydrogens is 332 g/mol. The third-order valence-electron chi connectivity index (χ3n) is 3.33. The second kappa shape index (κ2) is 7.15. The van der Waals surface area contributed by atoms with Crippen molar-refractivity contribution in [1.29, 1.82) is 0 Å². The van der Waals surface area contributed by atoms with Crippen LogP contribution in [0.4, 0.5) is 0 Å². The highest BCUT2D eigenvalue weighted by Crippen LogP contribution is 2.30. The molecule has 0 radical (unpaired) electrons. The zero-order chi connectivity index (χ0) is 13.0. The van der Waals surface area contributed by atoms with Gasteiger partial charge in [0.25, 0.3) is 0 Å². The van der Waals surface area contributed by atoms with Crippen LogP contribution >= 0.6 is 39.3 Å². The lowest BCUT2D eigenvalue weighted by Gasteiger charge is -2.29. The summed E-state index contributed by atoms with van der Waals surface area (Å²) in [6.07, 6.45) is 4.77. The topological polar surface area (TPSA) is 38.0 Å². The predicted octanol–water partition coefficient (Wildman–Crippen LogP) is 3.76. The summed E-state index contributed by atoms with van der Waals surface area (Å²) in [6.45, 7) is 0. The summed E-state index contributed by atoms with van der Waals surface area (Å²) in [7, 11) is 0. The van der Waals surface area contributed by atoms with E-state index in [1.807, 2.05) is 23.9 Å². The third-order valence-corrected chi connectivity index (χ3v) is 5.69. The van der Waals surface area contributed by atoms with Gasteiger partial charge in [0.2, 0.25) is 0 Å². The van der Waals surface area contributed by atoms with E-state index in [9.17, 15) is 0 Å². The first kappa shape index (κ1) is 14.7. The molecule has 2 unspecified atom stereocenters. The van der Waals surface area contributed by atoms with Crippen LogP contribution in [-0.2, 0) is 6.42 Å². The lowest BCUT2D eigenvalue weighted by atomic mass is 10.00. The minimum Gasteiger partial charge on any atom is -0.271 e. The Balaban J connectivity index is 2.04. The van der Waals surface area contributed by atoms with Crippen LogP contribution in [0.15, 0.2) is 22.7 Å². The average Bonchev–Trinajstić information content (AvgIpc) is 2.39. The average molecular weight is 350 g/mol. The third kappa shape index (κ3) is 3.87. The van der Waals surface area contributed by atoms with Gasteiger partial charge in [-0.1, -0.05) is 40.0 Å². The van der Waals surface area contributed by atoms with Crippen LogP contribution in [0.3, 0.4) is 0 Å². The van der Waals surface area contributed by atoms with Crippen molar-refractivity contribution in [2.24, 2.45) is 5.84 Å². The Kier molecular flexibility index (Phi) is 5.83. The monoisotopic (exact) mass is 348 g/mol. The van der Waals surface area contributed by atoms with E-state index < -0.39 is 0 Å². The van der Waals surface area contributed by atoms with Gasteiger partial charge in [-0.15, -0.1) is 0 Å². The molecule has 0 aliphatic carbocycles. The quantitative estimate of drug-likeness (QED) is 0.642. The van der Waals surface area contributed by atoms with E-state index in [-0.39, 0.29) is 0 Å². The zero-order valence-electron chi connectivity index (χ0n) is 10.2. The maximum Gasteiger partial charge on any atom is 0.0449 e. The standard InChI is InChI=1S/C13H18BrClN2S/c14-10-5-4-9(11(15)8-10)7-12(17-16)13-3-1-2-6-18-13/h4-5,8,12-13,17H,1-3,6-7,16H2. The summed E-state index contributed by atoms with van der Waals surface area (Å²) in [6, 6.07) is 6.35. The lowest BCUT2D eigenvalue weighted by Crippen LogP contribution is -2.45. The summed E-state index contributed by atoms with van der Waals surface area (Å²) < 4.78 is 1.01. The number of nitrogens with two attached hydrogens (primary N) is 1. The summed E-state index contributed by atoms with van der Waals surface area (Å²) >= 11 is 11.7. The largest absolute Gasteiger partial charge is 0.271 e. The maximum absolute atomic E-state index is 6.26. The molecule has 0 amide bonds. The summed E-state index contributed by atoms with van der Waals surface area (Å²) in [5, 5.41) is 1.41. The number of thioether (sulfide) groups is 1. The van der Waals surface area contributed by atoms with Crippen molar-refractivity contribution in [3.05, 3.63) is 33.3 Å². The summed E-state index contributed by atoms with van der Waals surface area (Å²) in [4.78, 5) is 0. The molecule has 1 heterocycles. The van der Waals surface area contributed by atoms with Crippen molar-refractivity contribution in [2.45, 2.75) is 37.0 Å². The van der Waals surface area contributed by atoms with Gasteiger partial charge < -0.3 is 0 Å². The van der Waals surface area contributed by atoms with Crippen molar-refractivity contribution in [3.8, 4) is 0 Å². The van der Waals surface area contributed by atoms with Crippen LogP contribution < -0.4 is 11.3 Å². The highest BCUT2D eigenvalue weighted by molar-refractivity contribution is 9.10. The van der Waals surface area contributed by atoms with E-state index in [2.05, 4.69) is 27.4 Å². The van der Waals surface area contributed by atoms with Gasteiger partial charge in [-0.25, -0.2) is 0 Å². The van der Waals surface area contributed by atoms with Crippen molar-refractivity contribution >= 4 is 39.3 Å². The lowest BCUT2D eigenvalue weighted by molar-refractivity contribution is 0.472. The first-order chi connectivity index (χ1) is 8.70. The van der Waals surface area contributed by atoms with Crippen LogP contribution in [0.1, 0.15) is 24.8 Å². The second-order valence-electron chi connectivity index (χ2n) is 4.62. The minimum absolute atomic E-state index is 0.300. The van der Waals surface area contributed by atoms with Gasteiger partial charge in [0.15, 0.2) is 0 Å². The Morgan fingerprint density at radius 1 is 1.50 bits per heavy atom. The first-order valence-electron chi connectivity index (χ1n) is 6.22. The number of hydrogen-bond acceptors (Lipinski definition) is 3. The molecule has 3 N–H and O–H groups in total. The van der Waals surface area contributed by atoms with E-state index in [1.54, 1.807) is 0 Å². The van der Waals surface area contributed by atoms with Crippen LogP contribution in [0.25, 0.3) is 0 Å². The molecule has 2 atom stereocenters. The molecule has 2 rings (SSSR count). The molecule has 1 aromatic rings. The number of hydrazine groups is 1.